The van der Waals surface area contributed by atoms with Gasteiger partial charge in [0.2, 0.25) is 0 Å². The largest absolute Gasteiger partial charge is 0.376 e. The molecule has 0 amide bonds. The van der Waals surface area contributed by atoms with E-state index in [2.05, 4.69) is 15.5 Å². The first-order valence-electron chi connectivity index (χ1n) is 6.27. The number of hydrogen-bond donors (Lipinski definition) is 1. The summed E-state index contributed by atoms with van der Waals surface area (Å²) in [4.78, 5) is 12.4. The van der Waals surface area contributed by atoms with Crippen LogP contribution in [-0.2, 0) is 0 Å². The lowest BCUT2D eigenvalue weighted by Crippen LogP contribution is -2.32. The Morgan fingerprint density at radius 1 is 1.25 bits per heavy atom. The van der Waals surface area contributed by atoms with Crippen molar-refractivity contribution in [1.82, 2.24) is 14.8 Å². The highest BCUT2D eigenvalue weighted by Gasteiger charge is 2.15. The zero-order chi connectivity index (χ0) is 14.9. The van der Waals surface area contributed by atoms with Gasteiger partial charge in [-0.25, -0.2) is 4.39 Å². The van der Waals surface area contributed by atoms with E-state index in [1.54, 1.807) is 19.1 Å². The molecule has 0 bridgehead atoms. The molecule has 2 heterocycles. The zero-order valence-electron chi connectivity index (χ0n) is 11.9. The molecule has 0 spiro atoms. The Balaban J connectivity index is 2.54. The third-order valence-electron chi connectivity index (χ3n) is 2.52. The van der Waals surface area contributed by atoms with Crippen molar-refractivity contribution in [3.63, 3.8) is 0 Å². The van der Waals surface area contributed by atoms with Gasteiger partial charge in [-0.2, -0.15) is 5.10 Å². The van der Waals surface area contributed by atoms with E-state index in [1.807, 2.05) is 20.8 Å². The number of hydrogen-bond acceptors (Lipinski definition) is 4. The second-order valence-corrected chi connectivity index (χ2v) is 5.66. The Labute approximate surface area is 116 Å². The number of aromatic nitrogens is 3. The summed E-state index contributed by atoms with van der Waals surface area (Å²) in [7, 11) is 0. The maximum absolute atomic E-state index is 13.7. The smallest absolute Gasteiger partial charge is 0.279 e. The molecule has 2 rings (SSSR count). The van der Waals surface area contributed by atoms with E-state index in [1.165, 1.54) is 6.07 Å². The fourth-order valence-electron chi connectivity index (χ4n) is 1.73. The van der Waals surface area contributed by atoms with Gasteiger partial charge in [-0.3, -0.25) is 9.36 Å². The Morgan fingerprint density at radius 2 is 1.95 bits per heavy atom. The molecule has 6 heteroatoms. The van der Waals surface area contributed by atoms with Crippen molar-refractivity contribution in [2.75, 3.05) is 5.32 Å². The number of nitrogens with one attached hydrogen (secondary N) is 1. The monoisotopic (exact) mass is 276 g/mol. The van der Waals surface area contributed by atoms with Crippen LogP contribution in [0.15, 0.2) is 29.2 Å². The molecule has 5 nitrogen and oxygen atoms in total. The Morgan fingerprint density at radius 3 is 2.50 bits per heavy atom. The average Bonchev–Trinajstić information content (AvgIpc) is 2.33. The minimum atomic E-state index is -0.515. The van der Waals surface area contributed by atoms with Crippen LogP contribution in [0.3, 0.4) is 0 Å². The number of nitrogens with zero attached hydrogens (tertiary/aromatic N) is 3. The van der Waals surface area contributed by atoms with Crippen LogP contribution in [0.1, 0.15) is 26.5 Å². The minimum Gasteiger partial charge on any atom is -0.376 e. The summed E-state index contributed by atoms with van der Waals surface area (Å²) in [5, 5.41) is 10.8. The van der Waals surface area contributed by atoms with Crippen molar-refractivity contribution in [3.05, 3.63) is 46.3 Å². The topological polar surface area (TPSA) is 59.8 Å². The molecule has 20 heavy (non-hydrogen) atoms. The summed E-state index contributed by atoms with van der Waals surface area (Å²) in [5.74, 6) is -0.226. The van der Waals surface area contributed by atoms with Crippen molar-refractivity contribution in [2.45, 2.75) is 33.2 Å². The van der Waals surface area contributed by atoms with E-state index in [4.69, 9.17) is 0 Å². The predicted molar refractivity (Wildman–Crippen MR) is 75.7 cm³/mol. The first-order valence-corrected chi connectivity index (χ1v) is 6.27. The SMILES string of the molecule is Cc1ccc(-n2cc(F)cc(NC(C)(C)C)c2=O)nn1. The van der Waals surface area contributed by atoms with Crippen molar-refractivity contribution in [2.24, 2.45) is 0 Å². The molecule has 0 saturated carbocycles. The second-order valence-electron chi connectivity index (χ2n) is 5.66. The molecule has 2 aromatic rings. The molecule has 0 aromatic carbocycles. The molecule has 0 aliphatic rings. The van der Waals surface area contributed by atoms with Crippen molar-refractivity contribution in [3.8, 4) is 5.82 Å². The van der Waals surface area contributed by atoms with Gasteiger partial charge in [0.1, 0.15) is 11.5 Å². The van der Waals surface area contributed by atoms with Gasteiger partial charge in [0.15, 0.2) is 5.82 Å². The maximum atomic E-state index is 13.7. The Kier molecular flexibility index (Phi) is 3.57. The average molecular weight is 276 g/mol. The lowest BCUT2D eigenvalue weighted by atomic mass is 10.1. The first kappa shape index (κ1) is 14.2. The second kappa shape index (κ2) is 5.03. The molecule has 0 aliphatic heterocycles. The standard InChI is InChI=1S/C14H17FN4O/c1-9-5-6-12(18-17-9)19-8-10(15)7-11(13(19)20)16-14(2,3)4/h5-8,16H,1-4H3. The molecular formula is C14H17FN4O. The number of rotatable bonds is 2. The maximum Gasteiger partial charge on any atom is 0.279 e. The quantitative estimate of drug-likeness (QED) is 0.914. The van der Waals surface area contributed by atoms with Gasteiger partial charge in [0, 0.05) is 11.6 Å². The fraction of sp³-hybridized carbons (Fsp3) is 0.357. The van der Waals surface area contributed by atoms with Crippen molar-refractivity contribution >= 4 is 5.69 Å². The van der Waals surface area contributed by atoms with Crippen molar-refractivity contribution < 1.29 is 4.39 Å². The summed E-state index contributed by atoms with van der Waals surface area (Å²) < 4.78 is 14.8. The van der Waals surface area contributed by atoms with E-state index in [0.717, 1.165) is 16.5 Å². The molecule has 2 aromatic heterocycles. The Hall–Kier alpha value is -2.24. The third-order valence-corrected chi connectivity index (χ3v) is 2.52. The normalized spacial score (nSPS) is 11.4. The van der Waals surface area contributed by atoms with Crippen LogP contribution in [0.5, 0.6) is 0 Å². The van der Waals surface area contributed by atoms with E-state index in [0.29, 0.717) is 0 Å². The summed E-state index contributed by atoms with van der Waals surface area (Å²) in [6.07, 6.45) is 1.11. The zero-order valence-corrected chi connectivity index (χ0v) is 11.9. The minimum absolute atomic E-state index is 0.194. The summed E-state index contributed by atoms with van der Waals surface area (Å²) in [6.45, 7) is 7.48. The van der Waals surface area contributed by atoms with Gasteiger partial charge >= 0.3 is 0 Å². The molecule has 0 atom stereocenters. The highest BCUT2D eigenvalue weighted by atomic mass is 19.1. The summed E-state index contributed by atoms with van der Waals surface area (Å²) in [5.41, 5.74) is 0.217. The van der Waals surface area contributed by atoms with Gasteiger partial charge in [-0.15, -0.1) is 5.10 Å². The molecule has 1 N–H and O–H groups in total. The van der Waals surface area contributed by atoms with Crippen LogP contribution in [0, 0.1) is 12.7 Å². The molecule has 0 saturated heterocycles. The van der Waals surface area contributed by atoms with E-state index in [9.17, 15) is 9.18 Å². The van der Waals surface area contributed by atoms with E-state index < -0.39 is 5.82 Å². The van der Waals surface area contributed by atoms with Crippen molar-refractivity contribution in [1.29, 1.82) is 0 Å². The third kappa shape index (κ3) is 3.20. The van der Waals surface area contributed by atoms with Crippen LogP contribution in [0.4, 0.5) is 10.1 Å². The molecule has 0 aliphatic carbocycles. The molecule has 0 fully saturated rings. The lowest BCUT2D eigenvalue weighted by Gasteiger charge is -2.22. The first-order chi connectivity index (χ1) is 9.26. The highest BCUT2D eigenvalue weighted by molar-refractivity contribution is 5.45. The summed E-state index contributed by atoms with van der Waals surface area (Å²) in [6, 6.07) is 4.53. The van der Waals surface area contributed by atoms with Crippen LogP contribution in [0.2, 0.25) is 0 Å². The number of pyridine rings is 1. The molecule has 0 unspecified atom stereocenters. The van der Waals surface area contributed by atoms with E-state index in [-0.39, 0.29) is 22.6 Å². The van der Waals surface area contributed by atoms with E-state index >= 15 is 0 Å². The van der Waals surface area contributed by atoms with Gasteiger partial charge in [-0.1, -0.05) is 0 Å². The van der Waals surface area contributed by atoms with Crippen LogP contribution >= 0.6 is 0 Å². The molecule has 106 valence electrons. The number of anilines is 1. The molecular weight excluding hydrogens is 259 g/mol. The fourth-order valence-corrected chi connectivity index (χ4v) is 1.73. The number of aryl methyl sites for hydroxylation is 1. The Bertz CT molecular complexity index is 671. The van der Waals surface area contributed by atoms with Crippen LogP contribution < -0.4 is 10.9 Å². The van der Waals surface area contributed by atoms with Crippen LogP contribution in [-0.4, -0.2) is 20.3 Å². The van der Waals surface area contributed by atoms with Gasteiger partial charge in [-0.05, 0) is 39.8 Å². The van der Waals surface area contributed by atoms with Gasteiger partial charge < -0.3 is 5.32 Å². The van der Waals surface area contributed by atoms with Crippen LogP contribution in [0.25, 0.3) is 5.82 Å². The predicted octanol–water partition coefficient (Wildman–Crippen LogP) is 2.29. The summed E-state index contributed by atoms with van der Waals surface area (Å²) >= 11 is 0. The lowest BCUT2D eigenvalue weighted by molar-refractivity contribution is 0.602. The molecule has 0 radical (unpaired) electrons. The highest BCUT2D eigenvalue weighted by Crippen LogP contribution is 2.13. The van der Waals surface area contributed by atoms with Gasteiger partial charge in [0.05, 0.1) is 11.9 Å². The number of halogens is 1. The van der Waals surface area contributed by atoms with Gasteiger partial charge in [0.25, 0.3) is 5.56 Å².